The van der Waals surface area contributed by atoms with Crippen LogP contribution in [0.25, 0.3) is 0 Å². The van der Waals surface area contributed by atoms with E-state index in [1.54, 1.807) is 0 Å². The molecule has 1 aliphatic rings. The third-order valence-electron chi connectivity index (χ3n) is 4.58. The Labute approximate surface area is 162 Å². The molecule has 0 heterocycles. The first-order valence-electron chi connectivity index (χ1n) is 8.67. The summed E-state index contributed by atoms with van der Waals surface area (Å²) >= 11 is 5.96. The number of rotatable bonds is 5. The van der Waals surface area contributed by atoms with Crippen LogP contribution in [0.4, 0.5) is 5.69 Å². The summed E-state index contributed by atoms with van der Waals surface area (Å²) < 4.78 is 10.3. The number of hydrogen-bond donors (Lipinski definition) is 2. The van der Waals surface area contributed by atoms with Crippen molar-refractivity contribution in [2.45, 2.75) is 25.3 Å². The van der Waals surface area contributed by atoms with Crippen LogP contribution in [0, 0.1) is 0 Å². The average molecular weight is 389 g/mol. The number of hydrogen-bond acceptors (Lipinski definition) is 5. The molecule has 0 saturated heterocycles. The van der Waals surface area contributed by atoms with Gasteiger partial charge in [0.1, 0.15) is 11.3 Å². The van der Waals surface area contributed by atoms with Crippen LogP contribution in [0.1, 0.15) is 40.4 Å². The fraction of sp³-hybridized carbons (Fsp3) is 0.300. The summed E-state index contributed by atoms with van der Waals surface area (Å²) in [5, 5.41) is 3.15. The average Bonchev–Trinajstić information content (AvgIpc) is 2.68. The van der Waals surface area contributed by atoms with Crippen LogP contribution in [0.3, 0.4) is 0 Å². The van der Waals surface area contributed by atoms with E-state index in [0.29, 0.717) is 5.69 Å². The van der Waals surface area contributed by atoms with Gasteiger partial charge in [-0.1, -0.05) is 35.9 Å². The zero-order valence-corrected chi connectivity index (χ0v) is 15.7. The molecule has 3 N–H and O–H groups in total. The van der Waals surface area contributed by atoms with Gasteiger partial charge in [-0.3, -0.25) is 4.79 Å². The van der Waals surface area contributed by atoms with E-state index in [4.69, 9.17) is 26.8 Å². The first-order valence-corrected chi connectivity index (χ1v) is 9.04. The molecule has 0 unspecified atom stereocenters. The summed E-state index contributed by atoms with van der Waals surface area (Å²) in [4.78, 5) is 24.6. The van der Waals surface area contributed by atoms with Crippen molar-refractivity contribution in [2.75, 3.05) is 19.5 Å². The Morgan fingerprint density at radius 1 is 1.30 bits per heavy atom. The van der Waals surface area contributed by atoms with E-state index in [2.05, 4.69) is 11.4 Å². The lowest BCUT2D eigenvalue weighted by Crippen LogP contribution is -2.34. The molecule has 2 aromatic carbocycles. The monoisotopic (exact) mass is 388 g/mol. The van der Waals surface area contributed by atoms with Gasteiger partial charge in [0.2, 0.25) is 0 Å². The van der Waals surface area contributed by atoms with Crippen molar-refractivity contribution in [1.82, 2.24) is 5.32 Å². The number of carbonyl (C=O) groups excluding carboxylic acids is 2. The molecule has 1 amide bonds. The van der Waals surface area contributed by atoms with Crippen molar-refractivity contribution in [1.29, 1.82) is 0 Å². The molecule has 7 heteroatoms. The summed E-state index contributed by atoms with van der Waals surface area (Å²) in [6.07, 6.45) is 2.87. The van der Waals surface area contributed by atoms with Gasteiger partial charge in [-0.05, 0) is 36.5 Å². The van der Waals surface area contributed by atoms with Gasteiger partial charge in [0.25, 0.3) is 5.91 Å². The number of nitrogen functional groups attached to an aromatic ring is 1. The minimum Gasteiger partial charge on any atom is -0.496 e. The molecular formula is C20H21ClN2O4. The Bertz CT molecular complexity index is 869. The van der Waals surface area contributed by atoms with E-state index in [0.717, 1.165) is 24.8 Å². The summed E-state index contributed by atoms with van der Waals surface area (Å²) in [5.74, 6) is -0.818. The molecule has 2 aromatic rings. The minimum absolute atomic E-state index is 0.0679. The van der Waals surface area contributed by atoms with Crippen LogP contribution in [-0.2, 0) is 16.0 Å². The molecular weight excluding hydrogens is 368 g/mol. The fourth-order valence-corrected chi connectivity index (χ4v) is 3.41. The molecule has 0 aliphatic heterocycles. The van der Waals surface area contributed by atoms with Gasteiger partial charge >= 0.3 is 5.97 Å². The smallest absolute Gasteiger partial charge is 0.342 e. The highest BCUT2D eigenvalue weighted by Crippen LogP contribution is 2.30. The van der Waals surface area contributed by atoms with Crippen LogP contribution in [0.5, 0.6) is 5.75 Å². The van der Waals surface area contributed by atoms with Crippen LogP contribution < -0.4 is 15.8 Å². The van der Waals surface area contributed by atoms with E-state index in [1.165, 1.54) is 24.8 Å². The van der Waals surface area contributed by atoms with Gasteiger partial charge in [0, 0.05) is 6.07 Å². The van der Waals surface area contributed by atoms with E-state index in [1.807, 2.05) is 18.2 Å². The van der Waals surface area contributed by atoms with Crippen LogP contribution in [-0.4, -0.2) is 25.6 Å². The highest BCUT2D eigenvalue weighted by atomic mass is 35.5. The highest BCUT2D eigenvalue weighted by molar-refractivity contribution is 6.33. The second-order valence-corrected chi connectivity index (χ2v) is 6.77. The Hall–Kier alpha value is -2.73. The van der Waals surface area contributed by atoms with Gasteiger partial charge in [-0.15, -0.1) is 0 Å². The maximum atomic E-state index is 12.3. The van der Waals surface area contributed by atoms with Gasteiger partial charge in [-0.2, -0.15) is 0 Å². The normalized spacial score (nSPS) is 15.6. The third-order valence-corrected chi connectivity index (χ3v) is 4.91. The summed E-state index contributed by atoms with van der Waals surface area (Å²) in [7, 11) is 1.41. The second-order valence-electron chi connectivity index (χ2n) is 6.36. The highest BCUT2D eigenvalue weighted by Gasteiger charge is 2.22. The zero-order chi connectivity index (χ0) is 19.4. The van der Waals surface area contributed by atoms with Gasteiger partial charge < -0.3 is 20.5 Å². The number of esters is 1. The fourth-order valence-electron chi connectivity index (χ4n) is 3.25. The molecule has 0 bridgehead atoms. The number of nitrogens with one attached hydrogen (secondary N) is 1. The van der Waals surface area contributed by atoms with E-state index < -0.39 is 5.97 Å². The van der Waals surface area contributed by atoms with E-state index in [9.17, 15) is 9.59 Å². The Kier molecular flexibility index (Phi) is 5.86. The van der Waals surface area contributed by atoms with Gasteiger partial charge in [0.05, 0.1) is 23.9 Å². The molecule has 1 aliphatic carbocycles. The Balaban J connectivity index is 1.62. The Morgan fingerprint density at radius 3 is 2.85 bits per heavy atom. The van der Waals surface area contributed by atoms with Gasteiger partial charge in [-0.25, -0.2) is 4.79 Å². The van der Waals surface area contributed by atoms with E-state index in [-0.39, 0.29) is 34.9 Å². The van der Waals surface area contributed by atoms with Crippen molar-refractivity contribution in [2.24, 2.45) is 0 Å². The van der Waals surface area contributed by atoms with Gasteiger partial charge in [0.15, 0.2) is 6.61 Å². The zero-order valence-electron chi connectivity index (χ0n) is 15.0. The predicted octanol–water partition coefficient (Wildman–Crippen LogP) is 3.28. The number of methoxy groups -OCH3 is 1. The van der Waals surface area contributed by atoms with Crippen molar-refractivity contribution in [3.63, 3.8) is 0 Å². The first-order chi connectivity index (χ1) is 13.0. The SMILES string of the molecule is COc1cc(N)c(Cl)cc1C(=O)OCC(=O)N[C@@H]1CCCc2ccccc21. The summed E-state index contributed by atoms with van der Waals surface area (Å²) in [5.41, 5.74) is 8.47. The first kappa shape index (κ1) is 19.0. The number of nitrogens with two attached hydrogens (primary N) is 1. The minimum atomic E-state index is -0.701. The molecule has 3 rings (SSSR count). The second kappa shape index (κ2) is 8.31. The van der Waals surface area contributed by atoms with Crippen molar-refractivity contribution >= 4 is 29.2 Å². The molecule has 0 fully saturated rings. The maximum absolute atomic E-state index is 12.3. The van der Waals surface area contributed by atoms with Crippen LogP contribution in [0.15, 0.2) is 36.4 Å². The predicted molar refractivity (Wildman–Crippen MR) is 103 cm³/mol. The molecule has 6 nitrogen and oxygen atoms in total. The molecule has 0 aromatic heterocycles. The number of benzene rings is 2. The molecule has 0 saturated carbocycles. The number of amides is 1. The van der Waals surface area contributed by atoms with Crippen molar-refractivity contribution < 1.29 is 19.1 Å². The number of ether oxygens (including phenoxy) is 2. The molecule has 0 spiro atoms. The molecule has 27 heavy (non-hydrogen) atoms. The van der Waals surface area contributed by atoms with Crippen LogP contribution >= 0.6 is 11.6 Å². The summed E-state index contributed by atoms with van der Waals surface area (Å²) in [6, 6.07) is 10.8. The molecule has 0 radical (unpaired) electrons. The quantitative estimate of drug-likeness (QED) is 0.606. The number of halogens is 1. The third kappa shape index (κ3) is 4.34. The lowest BCUT2D eigenvalue weighted by Gasteiger charge is -2.26. The van der Waals surface area contributed by atoms with Crippen molar-refractivity contribution in [3.8, 4) is 5.75 Å². The largest absolute Gasteiger partial charge is 0.496 e. The van der Waals surface area contributed by atoms with Crippen LogP contribution in [0.2, 0.25) is 5.02 Å². The standard InChI is InChI=1S/C20H21ClN2O4/c1-26-18-10-16(22)15(21)9-14(18)20(25)27-11-19(24)23-17-8-4-6-12-5-2-3-7-13(12)17/h2-3,5,7,9-10,17H,4,6,8,11,22H2,1H3,(H,23,24)/t17-/m1/s1. The molecule has 1 atom stereocenters. The van der Waals surface area contributed by atoms with Crippen molar-refractivity contribution in [3.05, 3.63) is 58.1 Å². The Morgan fingerprint density at radius 2 is 2.07 bits per heavy atom. The molecule has 142 valence electrons. The number of fused-ring (bicyclic) bond motifs is 1. The lowest BCUT2D eigenvalue weighted by molar-refractivity contribution is -0.125. The van der Waals surface area contributed by atoms with E-state index >= 15 is 0 Å². The number of anilines is 1. The lowest BCUT2D eigenvalue weighted by atomic mass is 9.88. The maximum Gasteiger partial charge on any atom is 0.342 e. The number of carbonyl (C=O) groups is 2. The topological polar surface area (TPSA) is 90.7 Å². The number of aryl methyl sites for hydroxylation is 1. The summed E-state index contributed by atoms with van der Waals surface area (Å²) in [6.45, 7) is -0.386.